The molecule has 0 spiro atoms. The Kier molecular flexibility index (Phi) is 2.93. The van der Waals surface area contributed by atoms with Gasteiger partial charge in [0.05, 0.1) is 0 Å². The highest BCUT2D eigenvalue weighted by molar-refractivity contribution is 7.12. The number of rotatable bonds is 3. The lowest BCUT2D eigenvalue weighted by Crippen LogP contribution is -2.38. The Morgan fingerprint density at radius 3 is 2.50 bits per heavy atom. The van der Waals surface area contributed by atoms with Crippen LogP contribution in [0.1, 0.15) is 42.4 Å². The first-order valence-corrected chi connectivity index (χ1v) is 6.40. The third-order valence-corrected chi connectivity index (χ3v) is 4.42. The van der Waals surface area contributed by atoms with Crippen molar-refractivity contribution in [2.75, 3.05) is 0 Å². The van der Waals surface area contributed by atoms with Crippen LogP contribution < -0.4 is 5.73 Å². The van der Waals surface area contributed by atoms with Crippen molar-refractivity contribution in [3.05, 3.63) is 21.9 Å². The number of nitrogens with two attached hydrogens (primary N) is 1. The molecule has 0 atom stereocenters. The quantitative estimate of drug-likeness (QED) is 0.813. The molecule has 0 unspecified atom stereocenters. The average molecular weight is 209 g/mol. The predicted octanol–water partition coefficient (Wildman–Crippen LogP) is 3.12. The summed E-state index contributed by atoms with van der Waals surface area (Å²) in [5.41, 5.74) is 6.47. The summed E-state index contributed by atoms with van der Waals surface area (Å²) >= 11 is 1.94. The first kappa shape index (κ1) is 10.2. The van der Waals surface area contributed by atoms with Gasteiger partial charge in [-0.3, -0.25) is 0 Å². The Bertz CT molecular complexity index is 297. The number of aryl methyl sites for hydroxylation is 1. The molecule has 0 aliphatic heterocycles. The van der Waals surface area contributed by atoms with Gasteiger partial charge in [0, 0.05) is 15.3 Å². The van der Waals surface area contributed by atoms with Crippen molar-refractivity contribution in [1.29, 1.82) is 0 Å². The predicted molar refractivity (Wildman–Crippen MR) is 62.8 cm³/mol. The molecule has 1 fully saturated rings. The fourth-order valence-corrected chi connectivity index (χ4v) is 3.42. The molecule has 2 heteroatoms. The summed E-state index contributed by atoms with van der Waals surface area (Å²) in [6.45, 7) is 2.21. The molecule has 0 amide bonds. The van der Waals surface area contributed by atoms with E-state index in [1.165, 1.54) is 35.4 Å². The molecule has 0 saturated heterocycles. The van der Waals surface area contributed by atoms with Crippen LogP contribution in [0, 0.1) is 0 Å². The van der Waals surface area contributed by atoms with Gasteiger partial charge >= 0.3 is 0 Å². The summed E-state index contributed by atoms with van der Waals surface area (Å²) < 4.78 is 0. The SMILES string of the molecule is CCc1ccc(CC2(N)CCCC2)s1. The fraction of sp³-hybridized carbons (Fsp3) is 0.667. The van der Waals surface area contributed by atoms with E-state index in [0.29, 0.717) is 0 Å². The summed E-state index contributed by atoms with van der Waals surface area (Å²) in [7, 11) is 0. The molecular formula is C12H19NS. The lowest BCUT2D eigenvalue weighted by Gasteiger charge is -2.22. The topological polar surface area (TPSA) is 26.0 Å². The van der Waals surface area contributed by atoms with Crippen molar-refractivity contribution < 1.29 is 0 Å². The molecule has 78 valence electrons. The molecule has 2 N–H and O–H groups in total. The van der Waals surface area contributed by atoms with Crippen molar-refractivity contribution in [2.45, 2.75) is 51.0 Å². The summed E-state index contributed by atoms with van der Waals surface area (Å²) in [6, 6.07) is 4.51. The van der Waals surface area contributed by atoms with Gasteiger partial charge in [0.15, 0.2) is 0 Å². The van der Waals surface area contributed by atoms with E-state index >= 15 is 0 Å². The molecule has 1 aromatic heterocycles. The lowest BCUT2D eigenvalue weighted by atomic mass is 9.94. The molecule has 2 rings (SSSR count). The van der Waals surface area contributed by atoms with Crippen LogP contribution in [0.4, 0.5) is 0 Å². The molecule has 1 heterocycles. The van der Waals surface area contributed by atoms with Crippen LogP contribution in [0.25, 0.3) is 0 Å². The molecular weight excluding hydrogens is 190 g/mol. The Morgan fingerprint density at radius 2 is 1.93 bits per heavy atom. The van der Waals surface area contributed by atoms with Gasteiger partial charge in [-0.05, 0) is 37.8 Å². The zero-order chi connectivity index (χ0) is 10.0. The first-order valence-electron chi connectivity index (χ1n) is 5.58. The lowest BCUT2D eigenvalue weighted by molar-refractivity contribution is 0.439. The van der Waals surface area contributed by atoms with E-state index in [1.807, 2.05) is 11.3 Å². The van der Waals surface area contributed by atoms with E-state index in [4.69, 9.17) is 5.73 Å². The summed E-state index contributed by atoms with van der Waals surface area (Å²) in [5, 5.41) is 0. The number of hydrogen-bond acceptors (Lipinski definition) is 2. The van der Waals surface area contributed by atoms with E-state index in [1.54, 1.807) is 0 Å². The Hall–Kier alpha value is -0.340. The van der Waals surface area contributed by atoms with Crippen molar-refractivity contribution in [3.63, 3.8) is 0 Å². The zero-order valence-electron chi connectivity index (χ0n) is 8.88. The van der Waals surface area contributed by atoms with Gasteiger partial charge in [0.2, 0.25) is 0 Å². The van der Waals surface area contributed by atoms with E-state index < -0.39 is 0 Å². The van der Waals surface area contributed by atoms with Gasteiger partial charge < -0.3 is 5.73 Å². The van der Waals surface area contributed by atoms with Gasteiger partial charge in [-0.15, -0.1) is 11.3 Å². The largest absolute Gasteiger partial charge is 0.325 e. The molecule has 0 radical (unpaired) electrons. The minimum absolute atomic E-state index is 0.121. The first-order chi connectivity index (χ1) is 6.72. The maximum Gasteiger partial charge on any atom is 0.0203 e. The molecule has 0 bridgehead atoms. The second kappa shape index (κ2) is 4.03. The van der Waals surface area contributed by atoms with Gasteiger partial charge in [-0.2, -0.15) is 0 Å². The highest BCUT2D eigenvalue weighted by atomic mass is 32.1. The minimum Gasteiger partial charge on any atom is -0.325 e. The zero-order valence-corrected chi connectivity index (χ0v) is 9.70. The highest BCUT2D eigenvalue weighted by Gasteiger charge is 2.29. The van der Waals surface area contributed by atoms with Gasteiger partial charge in [-0.1, -0.05) is 19.8 Å². The van der Waals surface area contributed by atoms with Crippen molar-refractivity contribution in [1.82, 2.24) is 0 Å². The van der Waals surface area contributed by atoms with Crippen LogP contribution in [-0.2, 0) is 12.8 Å². The second-order valence-corrected chi connectivity index (χ2v) is 5.72. The van der Waals surface area contributed by atoms with Crippen LogP contribution >= 0.6 is 11.3 Å². The second-order valence-electron chi connectivity index (χ2n) is 4.47. The molecule has 1 saturated carbocycles. The standard InChI is InChI=1S/C12H19NS/c1-2-10-5-6-11(14-10)9-12(13)7-3-4-8-12/h5-6H,2-4,7-9,13H2,1H3. The monoisotopic (exact) mass is 209 g/mol. The van der Waals surface area contributed by atoms with Crippen molar-refractivity contribution in [3.8, 4) is 0 Å². The van der Waals surface area contributed by atoms with Gasteiger partial charge in [-0.25, -0.2) is 0 Å². The molecule has 1 nitrogen and oxygen atoms in total. The number of thiophene rings is 1. The van der Waals surface area contributed by atoms with E-state index in [2.05, 4.69) is 19.1 Å². The molecule has 0 aromatic carbocycles. The maximum absolute atomic E-state index is 6.35. The normalized spacial score (nSPS) is 20.1. The summed E-state index contributed by atoms with van der Waals surface area (Å²) in [5.74, 6) is 0. The van der Waals surface area contributed by atoms with E-state index in [0.717, 1.165) is 12.8 Å². The van der Waals surface area contributed by atoms with Crippen molar-refractivity contribution in [2.24, 2.45) is 5.73 Å². The minimum atomic E-state index is 0.121. The van der Waals surface area contributed by atoms with Crippen LogP contribution in [0.3, 0.4) is 0 Å². The van der Waals surface area contributed by atoms with Gasteiger partial charge in [0.25, 0.3) is 0 Å². The van der Waals surface area contributed by atoms with E-state index in [9.17, 15) is 0 Å². The molecule has 1 aromatic rings. The number of hydrogen-bond donors (Lipinski definition) is 1. The highest BCUT2D eigenvalue weighted by Crippen LogP contribution is 2.32. The van der Waals surface area contributed by atoms with Gasteiger partial charge in [0.1, 0.15) is 0 Å². The Balaban J connectivity index is 2.02. The van der Waals surface area contributed by atoms with Crippen LogP contribution in [0.15, 0.2) is 12.1 Å². The summed E-state index contributed by atoms with van der Waals surface area (Å²) in [6.07, 6.45) is 7.32. The molecule has 1 aliphatic carbocycles. The smallest absolute Gasteiger partial charge is 0.0203 e. The Morgan fingerprint density at radius 1 is 1.29 bits per heavy atom. The third-order valence-electron chi connectivity index (χ3n) is 3.19. The summed E-state index contributed by atoms with van der Waals surface area (Å²) in [4.78, 5) is 2.97. The maximum atomic E-state index is 6.35. The third kappa shape index (κ3) is 2.18. The van der Waals surface area contributed by atoms with Crippen LogP contribution in [-0.4, -0.2) is 5.54 Å². The molecule has 14 heavy (non-hydrogen) atoms. The van der Waals surface area contributed by atoms with Crippen LogP contribution in [0.5, 0.6) is 0 Å². The fourth-order valence-electron chi connectivity index (χ4n) is 2.31. The van der Waals surface area contributed by atoms with Crippen LogP contribution in [0.2, 0.25) is 0 Å². The van der Waals surface area contributed by atoms with E-state index in [-0.39, 0.29) is 5.54 Å². The molecule has 1 aliphatic rings. The van der Waals surface area contributed by atoms with Crippen molar-refractivity contribution >= 4 is 11.3 Å². The Labute approximate surface area is 90.3 Å². The average Bonchev–Trinajstić information content (AvgIpc) is 2.75.